The van der Waals surface area contributed by atoms with Crippen molar-refractivity contribution in [3.8, 4) is 0 Å². The molecule has 0 atom stereocenters. The Morgan fingerprint density at radius 3 is 1.81 bits per heavy atom. The number of hydrogen-bond donors (Lipinski definition) is 1. The van der Waals surface area contributed by atoms with Gasteiger partial charge < -0.3 is 14.4 Å². The van der Waals surface area contributed by atoms with E-state index >= 15 is 0 Å². The maximum atomic E-state index is 10.9. The highest BCUT2D eigenvalue weighted by atomic mass is 31.2. The molecule has 0 aromatic carbocycles. The van der Waals surface area contributed by atoms with Crippen molar-refractivity contribution in [1.29, 1.82) is 0 Å². The molecule has 0 unspecified atom stereocenters. The van der Waals surface area contributed by atoms with Crippen molar-refractivity contribution in [3.05, 3.63) is 0 Å². The number of rotatable bonds is 4. The lowest BCUT2D eigenvalue weighted by molar-refractivity contribution is -0.0686. The van der Waals surface area contributed by atoms with Crippen molar-refractivity contribution in [2.24, 2.45) is 0 Å². The molecule has 2 aliphatic rings. The monoisotopic (exact) mass is 252 g/mol. The molecular formula is C6H9N2O7P. The van der Waals surface area contributed by atoms with Gasteiger partial charge in [0.25, 0.3) is 0 Å². The highest BCUT2D eigenvalue weighted by molar-refractivity contribution is 7.40. The van der Waals surface area contributed by atoms with E-state index in [4.69, 9.17) is 9.25 Å². The minimum atomic E-state index is -2.41. The van der Waals surface area contributed by atoms with Gasteiger partial charge in [0.15, 0.2) is 0 Å². The van der Waals surface area contributed by atoms with E-state index in [1.54, 1.807) is 0 Å². The molecule has 0 aromatic rings. The fraction of sp³-hybridized carbons (Fsp3) is 0.667. The summed E-state index contributed by atoms with van der Waals surface area (Å²) in [5, 5.41) is 1.65. The van der Waals surface area contributed by atoms with Crippen LogP contribution in [-0.4, -0.2) is 53.5 Å². The van der Waals surface area contributed by atoms with Crippen LogP contribution in [0.15, 0.2) is 0 Å². The number of cyclic esters (lactones) is 2. The average molecular weight is 252 g/mol. The van der Waals surface area contributed by atoms with Gasteiger partial charge in [-0.05, 0) is 0 Å². The van der Waals surface area contributed by atoms with Crippen LogP contribution in [0, 0.1) is 0 Å². The first-order valence-electron chi connectivity index (χ1n) is 4.40. The fourth-order valence-electron chi connectivity index (χ4n) is 1.09. The smallest absolute Gasteiger partial charge is 0.434 e. The molecule has 10 heteroatoms. The number of amides is 2. The summed E-state index contributed by atoms with van der Waals surface area (Å²) in [6, 6.07) is 0. The van der Waals surface area contributed by atoms with Crippen molar-refractivity contribution in [1.82, 2.24) is 10.1 Å². The van der Waals surface area contributed by atoms with Crippen LogP contribution in [-0.2, 0) is 18.7 Å². The van der Waals surface area contributed by atoms with Crippen molar-refractivity contribution in [3.63, 3.8) is 0 Å². The number of ether oxygens (including phenoxy) is 2. The molecule has 90 valence electrons. The normalized spacial score (nSPS) is 20.6. The van der Waals surface area contributed by atoms with E-state index in [2.05, 4.69) is 9.47 Å². The first kappa shape index (κ1) is 11.3. The Morgan fingerprint density at radius 1 is 1.06 bits per heavy atom. The minimum Gasteiger partial charge on any atom is -0.446 e. The zero-order chi connectivity index (χ0) is 11.5. The summed E-state index contributed by atoms with van der Waals surface area (Å²) in [7, 11) is -2.41. The van der Waals surface area contributed by atoms with Gasteiger partial charge in [0.1, 0.15) is 13.2 Å². The summed E-state index contributed by atoms with van der Waals surface area (Å²) >= 11 is 0. The lowest BCUT2D eigenvalue weighted by atomic mass is 10.7. The van der Waals surface area contributed by atoms with Crippen molar-refractivity contribution < 1.29 is 33.2 Å². The van der Waals surface area contributed by atoms with Crippen molar-refractivity contribution >= 4 is 20.8 Å². The Kier molecular flexibility index (Phi) is 3.39. The van der Waals surface area contributed by atoms with Gasteiger partial charge in [-0.25, -0.2) is 9.59 Å². The molecule has 1 N–H and O–H groups in total. The van der Waals surface area contributed by atoms with Gasteiger partial charge in [0.2, 0.25) is 0 Å². The number of carbonyl (C=O) groups excluding carboxylic acids is 2. The lowest BCUT2D eigenvalue weighted by Crippen LogP contribution is -2.26. The van der Waals surface area contributed by atoms with Gasteiger partial charge in [0, 0.05) is 0 Å². The van der Waals surface area contributed by atoms with Gasteiger partial charge in [0.05, 0.1) is 13.1 Å². The highest BCUT2D eigenvalue weighted by Crippen LogP contribution is 2.37. The maximum absolute atomic E-state index is 10.9. The van der Waals surface area contributed by atoms with Gasteiger partial charge in [-0.1, -0.05) is 0 Å². The largest absolute Gasteiger partial charge is 0.446 e. The zero-order valence-electron chi connectivity index (χ0n) is 8.07. The summed E-state index contributed by atoms with van der Waals surface area (Å²) < 4.78 is 18.6. The molecule has 0 saturated carbocycles. The van der Waals surface area contributed by atoms with E-state index in [0.717, 1.165) is 10.1 Å². The third kappa shape index (κ3) is 2.50. The van der Waals surface area contributed by atoms with Gasteiger partial charge >= 0.3 is 20.8 Å². The predicted octanol–water partition coefficient (Wildman–Crippen LogP) is -0.0268. The summed E-state index contributed by atoms with van der Waals surface area (Å²) in [6.45, 7) is 0.777. The maximum Gasteiger partial charge on any atom is 0.434 e. The van der Waals surface area contributed by atoms with E-state index in [0.29, 0.717) is 0 Å². The van der Waals surface area contributed by atoms with E-state index in [1.165, 1.54) is 0 Å². The first-order chi connectivity index (χ1) is 7.66. The van der Waals surface area contributed by atoms with E-state index < -0.39 is 20.8 Å². The summed E-state index contributed by atoms with van der Waals surface area (Å²) in [5.41, 5.74) is 0. The molecule has 2 amide bonds. The van der Waals surface area contributed by atoms with Crippen LogP contribution in [0.4, 0.5) is 9.59 Å². The summed E-state index contributed by atoms with van der Waals surface area (Å²) in [6.07, 6.45) is -1.40. The van der Waals surface area contributed by atoms with Crippen molar-refractivity contribution in [2.75, 3.05) is 26.3 Å². The number of carbonyl (C=O) groups is 2. The lowest BCUT2D eigenvalue weighted by Gasteiger charge is -2.18. The molecule has 16 heavy (non-hydrogen) atoms. The Hall–Kier alpha value is -1.15. The highest BCUT2D eigenvalue weighted by Gasteiger charge is 2.31. The standard InChI is InChI=1S/C6H9N2O7P/c9-5-7(1-3-12-5)14-16(11)15-8-2-4-13-6(8)10/h11H,1-4H2. The molecule has 2 fully saturated rings. The SMILES string of the molecule is O=C1OCCN1OP(O)ON1CCOC1=O. The van der Waals surface area contributed by atoms with Crippen molar-refractivity contribution in [2.45, 2.75) is 0 Å². The number of hydroxylamine groups is 4. The van der Waals surface area contributed by atoms with Crippen LogP contribution in [0.5, 0.6) is 0 Å². The molecule has 0 aliphatic carbocycles. The third-order valence-electron chi connectivity index (χ3n) is 1.78. The van der Waals surface area contributed by atoms with Crippen LogP contribution in [0.1, 0.15) is 0 Å². The van der Waals surface area contributed by atoms with E-state index in [1.807, 2.05) is 0 Å². The quantitative estimate of drug-likeness (QED) is 0.701. The minimum absolute atomic E-state index is 0.188. The molecule has 0 radical (unpaired) electrons. The topological polar surface area (TPSA) is 97.8 Å². The van der Waals surface area contributed by atoms with Gasteiger partial charge in [-0.3, -0.25) is 0 Å². The van der Waals surface area contributed by atoms with E-state index in [9.17, 15) is 14.5 Å². The van der Waals surface area contributed by atoms with Crippen LogP contribution in [0.25, 0.3) is 0 Å². The molecule has 2 saturated heterocycles. The Labute approximate surface area is 91.3 Å². The molecule has 0 spiro atoms. The zero-order valence-corrected chi connectivity index (χ0v) is 8.96. The van der Waals surface area contributed by atoms with E-state index in [-0.39, 0.29) is 26.3 Å². The fourth-order valence-corrected chi connectivity index (χ4v) is 1.75. The number of nitrogens with zero attached hydrogens (tertiary/aromatic N) is 2. The van der Waals surface area contributed by atoms with Gasteiger partial charge in [-0.15, -0.1) is 0 Å². The average Bonchev–Trinajstić information content (AvgIpc) is 2.79. The molecular weight excluding hydrogens is 243 g/mol. The molecule has 2 rings (SSSR count). The Bertz CT molecular complexity index is 273. The third-order valence-corrected chi connectivity index (χ3v) is 2.46. The predicted molar refractivity (Wildman–Crippen MR) is 47.4 cm³/mol. The van der Waals surface area contributed by atoms with Crippen LogP contribution in [0.2, 0.25) is 0 Å². The summed E-state index contributed by atoms with van der Waals surface area (Å²) in [4.78, 5) is 31.2. The first-order valence-corrected chi connectivity index (χ1v) is 5.53. The van der Waals surface area contributed by atoms with Crippen LogP contribution >= 0.6 is 8.60 Å². The Morgan fingerprint density at radius 2 is 1.50 bits per heavy atom. The summed E-state index contributed by atoms with van der Waals surface area (Å²) in [5.74, 6) is 0. The number of hydrogen-bond acceptors (Lipinski definition) is 7. The van der Waals surface area contributed by atoms with Gasteiger partial charge in [-0.2, -0.15) is 19.4 Å². The molecule has 0 bridgehead atoms. The molecule has 2 aliphatic heterocycles. The second-order valence-electron chi connectivity index (χ2n) is 2.83. The van der Waals surface area contributed by atoms with Crippen LogP contribution < -0.4 is 0 Å². The second kappa shape index (κ2) is 4.79. The molecule has 0 aromatic heterocycles. The Balaban J connectivity index is 1.77. The second-order valence-corrected chi connectivity index (χ2v) is 3.64. The van der Waals surface area contributed by atoms with Crippen LogP contribution in [0.3, 0.4) is 0 Å². The molecule has 9 nitrogen and oxygen atoms in total. The molecule has 2 heterocycles.